The van der Waals surface area contributed by atoms with Crippen LogP contribution in [-0.2, 0) is 20.3 Å². The highest BCUT2D eigenvalue weighted by molar-refractivity contribution is 7.90. The van der Waals surface area contributed by atoms with E-state index in [0.717, 1.165) is 38.2 Å². The molecule has 1 amide bonds. The van der Waals surface area contributed by atoms with Crippen LogP contribution >= 0.6 is 11.6 Å². The Kier molecular flexibility index (Phi) is 6.00. The van der Waals surface area contributed by atoms with Crippen molar-refractivity contribution in [2.75, 3.05) is 51.8 Å². The second-order valence-electron chi connectivity index (χ2n) is 8.57. The van der Waals surface area contributed by atoms with Gasteiger partial charge >= 0.3 is 0 Å². The van der Waals surface area contributed by atoms with Gasteiger partial charge in [-0.15, -0.1) is 11.6 Å². The molecule has 0 spiro atoms. The van der Waals surface area contributed by atoms with E-state index >= 15 is 0 Å². The first-order valence-corrected chi connectivity index (χ1v) is 13.3. The average Bonchev–Trinajstić information content (AvgIpc) is 3.18. The summed E-state index contributed by atoms with van der Waals surface area (Å²) < 4.78 is 33.5. The first-order valence-electron chi connectivity index (χ1n) is 11.1. The number of amides is 1. The molecule has 2 fully saturated rings. The van der Waals surface area contributed by atoms with E-state index in [-0.39, 0.29) is 23.4 Å². The number of morpholine rings is 1. The lowest BCUT2D eigenvalue weighted by Crippen LogP contribution is -2.41. The van der Waals surface area contributed by atoms with Gasteiger partial charge in [0, 0.05) is 43.2 Å². The molecule has 8 nitrogen and oxygen atoms in total. The number of likely N-dealkylation sites (tertiary alicyclic amines) is 1. The van der Waals surface area contributed by atoms with Crippen LogP contribution in [0.4, 0.5) is 0 Å². The number of benzene rings is 1. The van der Waals surface area contributed by atoms with E-state index in [4.69, 9.17) is 21.4 Å². The Hall–Kier alpha value is -1.94. The summed E-state index contributed by atoms with van der Waals surface area (Å²) in [4.78, 5) is 17.8. The highest BCUT2D eigenvalue weighted by Crippen LogP contribution is 2.41. The van der Waals surface area contributed by atoms with Gasteiger partial charge in [0.1, 0.15) is 0 Å². The van der Waals surface area contributed by atoms with Crippen LogP contribution in [-0.4, -0.2) is 85.7 Å². The number of fused-ring (bicyclic) bond motifs is 3. The highest BCUT2D eigenvalue weighted by atomic mass is 35.5. The SMILES string of the molecule is O=C(c1nn([C@H]2CCCN(CCCl)C2)c2c1CS(=O)(=O)c1ccccc1-2)N1CCOCC1. The summed E-state index contributed by atoms with van der Waals surface area (Å²) >= 11 is 5.98. The van der Waals surface area contributed by atoms with Crippen LogP contribution in [0.2, 0.25) is 0 Å². The van der Waals surface area contributed by atoms with Crippen LogP contribution in [0.15, 0.2) is 29.2 Å². The molecule has 32 heavy (non-hydrogen) atoms. The number of carbonyl (C=O) groups is 1. The molecule has 0 radical (unpaired) electrons. The van der Waals surface area contributed by atoms with Crippen molar-refractivity contribution in [2.45, 2.75) is 29.5 Å². The third kappa shape index (κ3) is 3.85. The Morgan fingerprint density at radius 2 is 1.97 bits per heavy atom. The van der Waals surface area contributed by atoms with Crippen molar-refractivity contribution in [3.63, 3.8) is 0 Å². The van der Waals surface area contributed by atoms with E-state index in [0.29, 0.717) is 48.2 Å². The standard InChI is InChI=1S/C22H27ClN4O4S/c23-7-9-25-8-3-4-16(14-25)27-21-17-5-1-2-6-19(17)32(29,30)15-18(21)20(24-27)22(28)26-10-12-31-13-11-26/h1-2,5-6,16H,3-4,7-15H2/t16-/m0/s1. The lowest BCUT2D eigenvalue weighted by molar-refractivity contribution is 0.0297. The second-order valence-corrected chi connectivity index (χ2v) is 10.9. The van der Waals surface area contributed by atoms with Gasteiger partial charge in [-0.25, -0.2) is 8.42 Å². The Morgan fingerprint density at radius 1 is 1.19 bits per heavy atom. The first kappa shape index (κ1) is 21.9. The monoisotopic (exact) mass is 478 g/mol. The third-order valence-corrected chi connectivity index (χ3v) is 8.41. The second kappa shape index (κ2) is 8.78. The fourth-order valence-corrected chi connectivity index (χ4v) is 6.83. The number of ether oxygens (including phenoxy) is 1. The molecule has 0 saturated carbocycles. The summed E-state index contributed by atoms with van der Waals surface area (Å²) in [6.45, 7) is 4.48. The summed E-state index contributed by atoms with van der Waals surface area (Å²) in [6.07, 6.45) is 1.93. The fraction of sp³-hybridized carbons (Fsp3) is 0.545. The van der Waals surface area contributed by atoms with Crippen molar-refractivity contribution < 1.29 is 17.9 Å². The van der Waals surface area contributed by atoms with Crippen LogP contribution in [0.1, 0.15) is 34.9 Å². The summed E-state index contributed by atoms with van der Waals surface area (Å²) in [5, 5.41) is 4.81. The predicted molar refractivity (Wildman–Crippen MR) is 121 cm³/mol. The largest absolute Gasteiger partial charge is 0.378 e. The molecule has 2 aromatic rings. The fourth-order valence-electron chi connectivity index (χ4n) is 5.00. The van der Waals surface area contributed by atoms with Gasteiger partial charge in [0.2, 0.25) is 0 Å². The minimum atomic E-state index is -3.56. The number of rotatable bonds is 4. The molecule has 3 aliphatic rings. The summed E-state index contributed by atoms with van der Waals surface area (Å²) in [5.74, 6) is 0.139. The Morgan fingerprint density at radius 3 is 2.75 bits per heavy atom. The summed E-state index contributed by atoms with van der Waals surface area (Å²) in [7, 11) is -3.56. The summed E-state index contributed by atoms with van der Waals surface area (Å²) in [6, 6.07) is 7.11. The Balaban J connectivity index is 1.64. The van der Waals surface area contributed by atoms with Gasteiger partial charge < -0.3 is 14.5 Å². The molecule has 10 heteroatoms. The molecule has 5 rings (SSSR count). The van der Waals surface area contributed by atoms with Crippen LogP contribution in [0.5, 0.6) is 0 Å². The molecular formula is C22H27ClN4O4S. The van der Waals surface area contributed by atoms with E-state index in [1.54, 1.807) is 17.0 Å². The van der Waals surface area contributed by atoms with Gasteiger partial charge in [0.15, 0.2) is 15.5 Å². The van der Waals surface area contributed by atoms with Gasteiger partial charge in [0.25, 0.3) is 5.91 Å². The van der Waals surface area contributed by atoms with Crippen molar-refractivity contribution in [1.29, 1.82) is 0 Å². The van der Waals surface area contributed by atoms with Crippen LogP contribution in [0.3, 0.4) is 0 Å². The number of piperidine rings is 1. The zero-order valence-corrected chi connectivity index (χ0v) is 19.4. The third-order valence-electron chi connectivity index (χ3n) is 6.55. The van der Waals surface area contributed by atoms with Gasteiger partial charge in [0.05, 0.1) is 35.6 Å². The van der Waals surface area contributed by atoms with Crippen molar-refractivity contribution in [2.24, 2.45) is 0 Å². The number of alkyl halides is 1. The minimum Gasteiger partial charge on any atom is -0.378 e. The molecule has 4 heterocycles. The van der Waals surface area contributed by atoms with Crippen molar-refractivity contribution in [3.05, 3.63) is 35.5 Å². The predicted octanol–water partition coefficient (Wildman–Crippen LogP) is 2.19. The molecule has 0 unspecified atom stereocenters. The van der Waals surface area contributed by atoms with Crippen LogP contribution in [0, 0.1) is 0 Å². The Bertz CT molecular complexity index is 1120. The molecular weight excluding hydrogens is 452 g/mol. The van der Waals surface area contributed by atoms with Gasteiger partial charge in [-0.2, -0.15) is 5.10 Å². The van der Waals surface area contributed by atoms with E-state index in [9.17, 15) is 13.2 Å². The molecule has 0 N–H and O–H groups in total. The number of hydrogen-bond donors (Lipinski definition) is 0. The van der Waals surface area contributed by atoms with E-state index < -0.39 is 9.84 Å². The zero-order valence-electron chi connectivity index (χ0n) is 17.9. The molecule has 3 aliphatic heterocycles. The van der Waals surface area contributed by atoms with Crippen LogP contribution in [0.25, 0.3) is 11.3 Å². The molecule has 1 aromatic heterocycles. The molecule has 172 valence electrons. The van der Waals surface area contributed by atoms with E-state index in [1.807, 2.05) is 16.8 Å². The summed E-state index contributed by atoms with van der Waals surface area (Å²) in [5.41, 5.74) is 2.19. The molecule has 0 bridgehead atoms. The Labute approximate surface area is 193 Å². The van der Waals surface area contributed by atoms with Crippen LogP contribution < -0.4 is 0 Å². The number of hydrogen-bond acceptors (Lipinski definition) is 6. The molecule has 2 saturated heterocycles. The van der Waals surface area contributed by atoms with Gasteiger partial charge in [-0.1, -0.05) is 18.2 Å². The normalized spacial score (nSPS) is 22.9. The van der Waals surface area contributed by atoms with Crippen molar-refractivity contribution >= 4 is 27.3 Å². The number of aromatic nitrogens is 2. The average molecular weight is 479 g/mol. The molecule has 1 aromatic carbocycles. The highest BCUT2D eigenvalue weighted by Gasteiger charge is 2.38. The minimum absolute atomic E-state index is 0.0563. The lowest BCUT2D eigenvalue weighted by atomic mass is 10.0. The van der Waals surface area contributed by atoms with Crippen molar-refractivity contribution in [3.8, 4) is 11.3 Å². The lowest BCUT2D eigenvalue weighted by Gasteiger charge is -2.33. The van der Waals surface area contributed by atoms with Crippen molar-refractivity contribution in [1.82, 2.24) is 19.6 Å². The first-order chi connectivity index (χ1) is 15.5. The van der Waals surface area contributed by atoms with Gasteiger partial charge in [-0.05, 0) is 25.5 Å². The smallest absolute Gasteiger partial charge is 0.274 e. The maximum atomic E-state index is 13.4. The topological polar surface area (TPSA) is 84.7 Å². The molecule has 0 aliphatic carbocycles. The zero-order chi connectivity index (χ0) is 22.3. The number of nitrogens with zero attached hydrogens (tertiary/aromatic N) is 4. The maximum absolute atomic E-state index is 13.4. The van der Waals surface area contributed by atoms with E-state index in [1.165, 1.54) is 0 Å². The quantitative estimate of drug-likeness (QED) is 0.626. The maximum Gasteiger partial charge on any atom is 0.274 e. The number of sulfone groups is 1. The van der Waals surface area contributed by atoms with E-state index in [2.05, 4.69) is 4.90 Å². The molecule has 1 atom stereocenters. The number of halogens is 1. The number of carbonyl (C=O) groups excluding carboxylic acids is 1. The van der Waals surface area contributed by atoms with Gasteiger partial charge in [-0.3, -0.25) is 9.48 Å².